The Morgan fingerprint density at radius 2 is 2.07 bits per heavy atom. The van der Waals surface area contributed by atoms with Gasteiger partial charge < -0.3 is 19.5 Å². The minimum Gasteiger partial charge on any atom is -0.391 e. The van der Waals surface area contributed by atoms with E-state index in [1.807, 2.05) is 34.8 Å². The van der Waals surface area contributed by atoms with Gasteiger partial charge in [0.1, 0.15) is 10.7 Å². The highest BCUT2D eigenvalue weighted by molar-refractivity contribution is 7.15. The van der Waals surface area contributed by atoms with E-state index in [-0.39, 0.29) is 17.4 Å². The maximum Gasteiger partial charge on any atom is 0.270 e. The number of hydrogen-bond acceptors (Lipinski definition) is 6. The molecule has 1 unspecified atom stereocenters. The summed E-state index contributed by atoms with van der Waals surface area (Å²) >= 11 is 1.63. The van der Waals surface area contributed by atoms with Crippen LogP contribution in [-0.4, -0.2) is 63.0 Å². The number of carbonyl (C=O) groups is 1. The molecule has 0 radical (unpaired) electrons. The van der Waals surface area contributed by atoms with E-state index in [0.717, 1.165) is 54.7 Å². The molecule has 2 saturated heterocycles. The molecule has 2 aliphatic rings. The molecule has 1 N–H and O–H groups in total. The van der Waals surface area contributed by atoms with Gasteiger partial charge in [0, 0.05) is 45.3 Å². The number of hydrogen-bond donors (Lipinski definition) is 1. The first kappa shape index (κ1) is 19.4. The fourth-order valence-corrected chi connectivity index (χ4v) is 5.33. The van der Waals surface area contributed by atoms with Gasteiger partial charge in [-0.25, -0.2) is 0 Å². The summed E-state index contributed by atoms with van der Waals surface area (Å²) in [6.45, 7) is 7.20. The zero-order valence-corrected chi connectivity index (χ0v) is 17.7. The molecular weight excluding hydrogens is 374 g/mol. The minimum atomic E-state index is -0.365. The zero-order valence-electron chi connectivity index (χ0n) is 16.8. The number of aryl methyl sites for hydroxylation is 1. The van der Waals surface area contributed by atoms with Crippen molar-refractivity contribution in [1.82, 2.24) is 19.7 Å². The molecule has 8 heteroatoms. The van der Waals surface area contributed by atoms with Gasteiger partial charge in [0.2, 0.25) is 5.13 Å². The predicted octanol–water partition coefficient (Wildman–Crippen LogP) is 2.49. The van der Waals surface area contributed by atoms with E-state index in [0.29, 0.717) is 12.5 Å². The Morgan fingerprint density at radius 1 is 1.32 bits per heavy atom. The van der Waals surface area contributed by atoms with Crippen LogP contribution >= 0.6 is 11.3 Å². The molecule has 2 aromatic heterocycles. The second-order valence-electron chi connectivity index (χ2n) is 8.61. The molecule has 1 amide bonds. The van der Waals surface area contributed by atoms with Crippen LogP contribution < -0.4 is 4.90 Å². The topological polar surface area (TPSA) is 74.5 Å². The molecule has 4 rings (SSSR count). The number of piperidine rings is 2. The Labute approximate surface area is 170 Å². The molecule has 0 aromatic carbocycles. The molecule has 7 nitrogen and oxygen atoms in total. The van der Waals surface area contributed by atoms with E-state index in [1.54, 1.807) is 11.3 Å². The van der Waals surface area contributed by atoms with Crippen LogP contribution in [0.15, 0.2) is 18.3 Å². The van der Waals surface area contributed by atoms with E-state index >= 15 is 0 Å². The van der Waals surface area contributed by atoms with Crippen LogP contribution in [0.1, 0.15) is 54.5 Å². The second kappa shape index (κ2) is 7.48. The average molecular weight is 404 g/mol. The van der Waals surface area contributed by atoms with Crippen molar-refractivity contribution in [2.24, 2.45) is 12.5 Å². The standard InChI is InChI=1S/C20H29N5O2S/c1-14(2)17-21-22-19(28-17)25-12-15(26)11-20(13-25)6-9-24(10-7-20)18(27)16-5-4-8-23(16)3/h4-5,8,14-15,26H,6-7,9-13H2,1-3H3. The van der Waals surface area contributed by atoms with E-state index in [1.165, 1.54) is 0 Å². The quantitative estimate of drug-likeness (QED) is 0.852. The summed E-state index contributed by atoms with van der Waals surface area (Å²) in [7, 11) is 1.90. The van der Waals surface area contributed by atoms with Crippen molar-refractivity contribution in [3.05, 3.63) is 29.0 Å². The van der Waals surface area contributed by atoms with E-state index in [2.05, 4.69) is 28.9 Å². The molecule has 152 valence electrons. The summed E-state index contributed by atoms with van der Waals surface area (Å²) in [4.78, 5) is 17.0. The van der Waals surface area contributed by atoms with Crippen molar-refractivity contribution in [2.45, 2.75) is 45.1 Å². The molecule has 1 spiro atoms. The van der Waals surface area contributed by atoms with Gasteiger partial charge in [-0.3, -0.25) is 4.79 Å². The highest BCUT2D eigenvalue weighted by Crippen LogP contribution is 2.42. The highest BCUT2D eigenvalue weighted by atomic mass is 32.1. The predicted molar refractivity (Wildman–Crippen MR) is 110 cm³/mol. The minimum absolute atomic E-state index is 0.0340. The van der Waals surface area contributed by atoms with E-state index < -0.39 is 0 Å². The molecule has 28 heavy (non-hydrogen) atoms. The Bertz CT molecular complexity index is 837. The highest BCUT2D eigenvalue weighted by Gasteiger charge is 2.43. The maximum atomic E-state index is 12.8. The van der Waals surface area contributed by atoms with E-state index in [4.69, 9.17) is 0 Å². The Morgan fingerprint density at radius 3 is 2.68 bits per heavy atom. The Hall–Kier alpha value is -1.93. The Balaban J connectivity index is 1.45. The van der Waals surface area contributed by atoms with Crippen molar-refractivity contribution >= 4 is 22.4 Å². The lowest BCUT2D eigenvalue weighted by Crippen LogP contribution is -2.54. The van der Waals surface area contributed by atoms with Crippen molar-refractivity contribution in [2.75, 3.05) is 31.1 Å². The van der Waals surface area contributed by atoms with Crippen LogP contribution in [0.25, 0.3) is 0 Å². The SMILES string of the molecule is CC(C)c1nnc(N2CC(O)CC3(CCN(C(=O)c4cccn4C)CC3)C2)s1. The molecule has 0 saturated carbocycles. The van der Waals surface area contributed by atoms with Crippen LogP contribution in [0.2, 0.25) is 0 Å². The number of likely N-dealkylation sites (tertiary alicyclic amines) is 1. The fourth-order valence-electron chi connectivity index (χ4n) is 4.48. The lowest BCUT2D eigenvalue weighted by atomic mass is 9.71. The van der Waals surface area contributed by atoms with Crippen molar-refractivity contribution in [1.29, 1.82) is 0 Å². The van der Waals surface area contributed by atoms with Crippen LogP contribution in [0.5, 0.6) is 0 Å². The zero-order chi connectivity index (χ0) is 19.9. The van der Waals surface area contributed by atoms with Gasteiger partial charge in [-0.2, -0.15) is 0 Å². The first-order chi connectivity index (χ1) is 13.4. The van der Waals surface area contributed by atoms with Gasteiger partial charge in [0.05, 0.1) is 6.10 Å². The first-order valence-electron chi connectivity index (χ1n) is 10.0. The smallest absolute Gasteiger partial charge is 0.270 e. The van der Waals surface area contributed by atoms with Crippen LogP contribution in [0, 0.1) is 5.41 Å². The summed E-state index contributed by atoms with van der Waals surface area (Å²) in [5.74, 6) is 0.461. The Kier molecular flexibility index (Phi) is 5.18. The summed E-state index contributed by atoms with van der Waals surface area (Å²) in [6, 6.07) is 3.78. The fraction of sp³-hybridized carbons (Fsp3) is 0.650. The lowest BCUT2D eigenvalue weighted by Gasteiger charge is -2.49. The third kappa shape index (κ3) is 3.67. The lowest BCUT2D eigenvalue weighted by molar-refractivity contribution is 0.0244. The van der Waals surface area contributed by atoms with Gasteiger partial charge >= 0.3 is 0 Å². The summed E-state index contributed by atoms with van der Waals surface area (Å²) in [5, 5.41) is 21.2. The number of amides is 1. The van der Waals surface area contributed by atoms with Crippen LogP contribution in [0.4, 0.5) is 5.13 Å². The molecule has 0 aliphatic carbocycles. The molecule has 2 fully saturated rings. The summed E-state index contributed by atoms with van der Waals surface area (Å²) in [5.41, 5.74) is 0.767. The number of carbonyl (C=O) groups excluding carboxylic acids is 1. The molecule has 4 heterocycles. The van der Waals surface area contributed by atoms with Crippen LogP contribution in [-0.2, 0) is 7.05 Å². The maximum absolute atomic E-state index is 12.8. The average Bonchev–Trinajstić information content (AvgIpc) is 3.30. The van der Waals surface area contributed by atoms with Gasteiger partial charge in [-0.1, -0.05) is 25.2 Å². The number of aromatic nitrogens is 3. The van der Waals surface area contributed by atoms with Crippen molar-refractivity contribution in [3.8, 4) is 0 Å². The molecule has 2 aliphatic heterocycles. The largest absolute Gasteiger partial charge is 0.391 e. The monoisotopic (exact) mass is 403 g/mol. The first-order valence-corrected chi connectivity index (χ1v) is 10.9. The molecule has 1 atom stereocenters. The third-order valence-electron chi connectivity index (χ3n) is 6.09. The summed E-state index contributed by atoms with van der Waals surface area (Å²) in [6.07, 6.45) is 4.15. The summed E-state index contributed by atoms with van der Waals surface area (Å²) < 4.78 is 1.88. The molecule has 0 bridgehead atoms. The number of nitrogens with zero attached hydrogens (tertiary/aromatic N) is 5. The number of β-amino-alcohol motifs (C(OH)–C–C–N with tert-alkyl or cyclic N) is 1. The van der Waals surface area contributed by atoms with Gasteiger partial charge in [-0.05, 0) is 36.8 Å². The van der Waals surface area contributed by atoms with Gasteiger partial charge in [0.25, 0.3) is 5.91 Å². The molecular formula is C20H29N5O2S. The number of aliphatic hydroxyl groups is 1. The van der Waals surface area contributed by atoms with Crippen molar-refractivity contribution in [3.63, 3.8) is 0 Å². The normalized spacial score (nSPS) is 22.2. The van der Waals surface area contributed by atoms with E-state index in [9.17, 15) is 9.90 Å². The third-order valence-corrected chi connectivity index (χ3v) is 7.38. The number of anilines is 1. The molecule has 2 aromatic rings. The van der Waals surface area contributed by atoms with Crippen molar-refractivity contribution < 1.29 is 9.90 Å². The van der Waals surface area contributed by atoms with Gasteiger partial charge in [-0.15, -0.1) is 10.2 Å². The van der Waals surface area contributed by atoms with Gasteiger partial charge in [0.15, 0.2) is 0 Å². The van der Waals surface area contributed by atoms with Crippen LogP contribution in [0.3, 0.4) is 0 Å². The number of rotatable bonds is 3. The number of aliphatic hydroxyl groups excluding tert-OH is 1. The second-order valence-corrected chi connectivity index (χ2v) is 9.60.